The number of alkyl halides is 1. The van der Waals surface area contributed by atoms with E-state index >= 15 is 0 Å². The molecule has 0 bridgehead atoms. The summed E-state index contributed by atoms with van der Waals surface area (Å²) in [6, 6.07) is 0. The number of rotatable bonds is 4. The predicted molar refractivity (Wildman–Crippen MR) is 41.5 cm³/mol. The molecule has 0 spiro atoms. The van der Waals surface area contributed by atoms with Gasteiger partial charge in [-0.3, -0.25) is 0 Å². The first-order valence-corrected chi connectivity index (χ1v) is 4.07. The van der Waals surface area contributed by atoms with Crippen LogP contribution in [-0.4, -0.2) is 17.9 Å². The molecule has 0 aliphatic carbocycles. The Balaban J connectivity index is 2.86. The van der Waals surface area contributed by atoms with Gasteiger partial charge in [-0.25, -0.2) is 0 Å². The average molecular weight is 180 g/mol. The van der Waals surface area contributed by atoms with Gasteiger partial charge in [0.1, 0.15) is 0 Å². The maximum atomic E-state index is 3.52. The van der Waals surface area contributed by atoms with Crippen LogP contribution in [0.5, 0.6) is 0 Å². The maximum Gasteiger partial charge on any atom is 0.0268 e. The minimum Gasteiger partial charge on any atom is -0.316 e. The molecule has 0 saturated carbocycles. The SMILES string of the molecule is CCNC[C@H](Br)CC. The van der Waals surface area contributed by atoms with Gasteiger partial charge in [0.05, 0.1) is 0 Å². The smallest absolute Gasteiger partial charge is 0.0268 e. The third-order valence-corrected chi connectivity index (χ3v) is 2.03. The Bertz CT molecular complexity index is 47.8. The van der Waals surface area contributed by atoms with E-state index in [0.717, 1.165) is 13.1 Å². The normalized spacial score (nSPS) is 13.9. The zero-order valence-electron chi connectivity index (χ0n) is 5.58. The molecule has 1 atom stereocenters. The van der Waals surface area contributed by atoms with Gasteiger partial charge in [-0.2, -0.15) is 0 Å². The Morgan fingerprint density at radius 2 is 2.12 bits per heavy atom. The second kappa shape index (κ2) is 5.57. The fourth-order valence-electron chi connectivity index (χ4n) is 0.445. The van der Waals surface area contributed by atoms with Crippen LogP contribution in [0, 0.1) is 0 Å². The summed E-state index contributed by atoms with van der Waals surface area (Å²) in [6.07, 6.45) is 1.20. The third-order valence-electron chi connectivity index (χ3n) is 1.06. The molecule has 0 aliphatic heterocycles. The minimum atomic E-state index is 0.655. The summed E-state index contributed by atoms with van der Waals surface area (Å²) in [5.41, 5.74) is 0. The molecule has 0 aromatic carbocycles. The second-order valence-corrected chi connectivity index (χ2v) is 3.11. The fraction of sp³-hybridized carbons (Fsp3) is 1.00. The van der Waals surface area contributed by atoms with Crippen molar-refractivity contribution in [2.24, 2.45) is 0 Å². The van der Waals surface area contributed by atoms with Gasteiger partial charge in [-0.15, -0.1) is 0 Å². The lowest BCUT2D eigenvalue weighted by Gasteiger charge is -2.04. The van der Waals surface area contributed by atoms with Crippen LogP contribution < -0.4 is 5.32 Å². The fourth-order valence-corrected chi connectivity index (χ4v) is 0.674. The largest absolute Gasteiger partial charge is 0.316 e. The van der Waals surface area contributed by atoms with Gasteiger partial charge in [0.15, 0.2) is 0 Å². The van der Waals surface area contributed by atoms with Crippen molar-refractivity contribution in [2.75, 3.05) is 13.1 Å². The molecule has 1 N–H and O–H groups in total. The molecule has 0 saturated heterocycles. The van der Waals surface area contributed by atoms with E-state index in [9.17, 15) is 0 Å². The van der Waals surface area contributed by atoms with Crippen LogP contribution >= 0.6 is 15.9 Å². The van der Waals surface area contributed by atoms with E-state index in [4.69, 9.17) is 0 Å². The summed E-state index contributed by atoms with van der Waals surface area (Å²) >= 11 is 3.52. The van der Waals surface area contributed by atoms with Crippen LogP contribution in [0.1, 0.15) is 20.3 Å². The molecule has 1 nitrogen and oxygen atoms in total. The number of hydrogen-bond donors (Lipinski definition) is 1. The van der Waals surface area contributed by atoms with Crippen LogP contribution in [0.3, 0.4) is 0 Å². The van der Waals surface area contributed by atoms with E-state index < -0.39 is 0 Å². The Hall–Kier alpha value is 0.440. The number of nitrogens with one attached hydrogen (secondary N) is 1. The zero-order chi connectivity index (χ0) is 6.41. The van der Waals surface area contributed by atoms with E-state index in [0.29, 0.717) is 4.83 Å². The monoisotopic (exact) mass is 179 g/mol. The molecule has 0 heterocycles. The standard InChI is InChI=1S/C6H14BrN/c1-3-6(7)5-8-4-2/h6,8H,3-5H2,1-2H3/t6-/m1/s1. The van der Waals surface area contributed by atoms with Crippen molar-refractivity contribution in [3.05, 3.63) is 0 Å². The summed E-state index contributed by atoms with van der Waals surface area (Å²) < 4.78 is 0. The quantitative estimate of drug-likeness (QED) is 0.650. The van der Waals surface area contributed by atoms with E-state index in [1.54, 1.807) is 0 Å². The molecule has 0 aromatic rings. The van der Waals surface area contributed by atoms with Crippen molar-refractivity contribution in [1.29, 1.82) is 0 Å². The van der Waals surface area contributed by atoms with Crippen LogP contribution in [0.25, 0.3) is 0 Å². The Labute approximate surface area is 60.0 Å². The highest BCUT2D eigenvalue weighted by molar-refractivity contribution is 9.09. The molecule has 0 aromatic heterocycles. The summed E-state index contributed by atoms with van der Waals surface area (Å²) in [7, 11) is 0. The molecule has 8 heavy (non-hydrogen) atoms. The molecular weight excluding hydrogens is 166 g/mol. The van der Waals surface area contributed by atoms with Crippen molar-refractivity contribution in [1.82, 2.24) is 5.32 Å². The van der Waals surface area contributed by atoms with Crippen molar-refractivity contribution < 1.29 is 0 Å². The van der Waals surface area contributed by atoms with E-state index in [1.165, 1.54) is 6.42 Å². The van der Waals surface area contributed by atoms with Crippen LogP contribution in [-0.2, 0) is 0 Å². The average Bonchev–Trinajstić information content (AvgIpc) is 1.83. The van der Waals surface area contributed by atoms with Gasteiger partial charge in [-0.05, 0) is 13.0 Å². The molecule has 0 unspecified atom stereocenters. The van der Waals surface area contributed by atoms with Gasteiger partial charge >= 0.3 is 0 Å². The van der Waals surface area contributed by atoms with Gasteiger partial charge in [0, 0.05) is 11.4 Å². The summed E-state index contributed by atoms with van der Waals surface area (Å²) in [5.74, 6) is 0. The molecule has 0 rings (SSSR count). The molecule has 0 aliphatic rings. The topological polar surface area (TPSA) is 12.0 Å². The number of hydrogen-bond acceptors (Lipinski definition) is 1. The molecule has 0 fully saturated rings. The van der Waals surface area contributed by atoms with Gasteiger partial charge in [0.2, 0.25) is 0 Å². The lowest BCUT2D eigenvalue weighted by molar-refractivity contribution is 0.682. The number of halogens is 1. The molecule has 0 amide bonds. The van der Waals surface area contributed by atoms with Crippen LogP contribution in [0.2, 0.25) is 0 Å². The summed E-state index contributed by atoms with van der Waals surface area (Å²) in [6.45, 7) is 6.46. The van der Waals surface area contributed by atoms with Crippen molar-refractivity contribution in [2.45, 2.75) is 25.1 Å². The van der Waals surface area contributed by atoms with Crippen molar-refractivity contribution in [3.63, 3.8) is 0 Å². The summed E-state index contributed by atoms with van der Waals surface area (Å²) in [4.78, 5) is 0.655. The first-order valence-electron chi connectivity index (χ1n) is 3.16. The van der Waals surface area contributed by atoms with Gasteiger partial charge in [-0.1, -0.05) is 29.8 Å². The van der Waals surface area contributed by atoms with E-state index in [-0.39, 0.29) is 0 Å². The highest BCUT2D eigenvalue weighted by atomic mass is 79.9. The second-order valence-electron chi connectivity index (χ2n) is 1.81. The van der Waals surface area contributed by atoms with Gasteiger partial charge in [0.25, 0.3) is 0 Å². The Morgan fingerprint density at radius 3 is 2.50 bits per heavy atom. The van der Waals surface area contributed by atoms with Crippen molar-refractivity contribution >= 4 is 15.9 Å². The zero-order valence-corrected chi connectivity index (χ0v) is 7.16. The maximum absolute atomic E-state index is 3.52. The van der Waals surface area contributed by atoms with E-state index in [1.807, 2.05) is 0 Å². The van der Waals surface area contributed by atoms with Crippen LogP contribution in [0.4, 0.5) is 0 Å². The van der Waals surface area contributed by atoms with Crippen molar-refractivity contribution in [3.8, 4) is 0 Å². The van der Waals surface area contributed by atoms with Gasteiger partial charge < -0.3 is 5.32 Å². The first-order chi connectivity index (χ1) is 3.81. The van der Waals surface area contributed by atoms with E-state index in [2.05, 4.69) is 35.1 Å². The summed E-state index contributed by atoms with van der Waals surface area (Å²) in [5, 5.41) is 3.25. The highest BCUT2D eigenvalue weighted by Crippen LogP contribution is 2.00. The lowest BCUT2D eigenvalue weighted by Crippen LogP contribution is -2.21. The highest BCUT2D eigenvalue weighted by Gasteiger charge is 1.95. The first kappa shape index (κ1) is 8.44. The molecular formula is C6H14BrN. The van der Waals surface area contributed by atoms with Crippen LogP contribution in [0.15, 0.2) is 0 Å². The minimum absolute atomic E-state index is 0.655. The molecule has 0 radical (unpaired) electrons. The Morgan fingerprint density at radius 1 is 1.50 bits per heavy atom. The third kappa shape index (κ3) is 4.60. The lowest BCUT2D eigenvalue weighted by atomic mass is 10.3. The Kier molecular flexibility index (Phi) is 5.88. The molecule has 50 valence electrons. The predicted octanol–water partition coefficient (Wildman–Crippen LogP) is 1.77. The molecule has 2 heteroatoms.